The predicted octanol–water partition coefficient (Wildman–Crippen LogP) is 4.34. The van der Waals surface area contributed by atoms with E-state index >= 15 is 0 Å². The number of hydrogen-bond donors (Lipinski definition) is 1. The van der Waals surface area contributed by atoms with Gasteiger partial charge in [-0.1, -0.05) is 62.4 Å². The fraction of sp³-hybridized carbons (Fsp3) is 0.310. The SMILES string of the molecule is COc1ccc(CN(C(=O)C(C)C)[C@@H](Cc2ccccc2)C(=O)NCc2ccc3c(c2)OCO3)cc1. The number of hydrogen-bond acceptors (Lipinski definition) is 5. The van der Waals surface area contributed by atoms with Crippen LogP contribution in [0.5, 0.6) is 17.2 Å². The molecule has 3 aromatic carbocycles. The molecule has 0 saturated carbocycles. The van der Waals surface area contributed by atoms with Gasteiger partial charge >= 0.3 is 0 Å². The fourth-order valence-electron chi connectivity index (χ4n) is 4.14. The van der Waals surface area contributed by atoms with Crippen molar-refractivity contribution in [2.24, 2.45) is 5.92 Å². The highest BCUT2D eigenvalue weighted by Crippen LogP contribution is 2.32. The van der Waals surface area contributed by atoms with Crippen LogP contribution in [0.4, 0.5) is 0 Å². The topological polar surface area (TPSA) is 77.1 Å². The van der Waals surface area contributed by atoms with Crippen molar-refractivity contribution < 1.29 is 23.8 Å². The maximum absolute atomic E-state index is 13.6. The number of nitrogens with zero attached hydrogens (tertiary/aromatic N) is 1. The summed E-state index contributed by atoms with van der Waals surface area (Å²) in [7, 11) is 1.62. The van der Waals surface area contributed by atoms with E-state index in [0.29, 0.717) is 31.0 Å². The van der Waals surface area contributed by atoms with E-state index in [1.807, 2.05) is 86.6 Å². The quantitative estimate of drug-likeness (QED) is 0.460. The van der Waals surface area contributed by atoms with Gasteiger partial charge in [-0.25, -0.2) is 0 Å². The van der Waals surface area contributed by atoms with E-state index in [1.54, 1.807) is 12.0 Å². The van der Waals surface area contributed by atoms with Crippen molar-refractivity contribution in [2.75, 3.05) is 13.9 Å². The van der Waals surface area contributed by atoms with Crippen molar-refractivity contribution in [3.63, 3.8) is 0 Å². The van der Waals surface area contributed by atoms with Gasteiger partial charge in [-0.2, -0.15) is 0 Å². The molecule has 1 aliphatic heterocycles. The van der Waals surface area contributed by atoms with Gasteiger partial charge in [-0.05, 0) is 41.0 Å². The van der Waals surface area contributed by atoms with E-state index in [9.17, 15) is 9.59 Å². The lowest BCUT2D eigenvalue weighted by atomic mass is 10.0. The molecule has 36 heavy (non-hydrogen) atoms. The van der Waals surface area contributed by atoms with Gasteiger partial charge in [-0.3, -0.25) is 9.59 Å². The van der Waals surface area contributed by atoms with Crippen LogP contribution in [-0.4, -0.2) is 36.7 Å². The number of rotatable bonds is 10. The van der Waals surface area contributed by atoms with Crippen LogP contribution in [-0.2, 0) is 29.1 Å². The molecule has 188 valence electrons. The van der Waals surface area contributed by atoms with E-state index in [1.165, 1.54) is 0 Å². The van der Waals surface area contributed by atoms with Gasteiger partial charge < -0.3 is 24.4 Å². The molecule has 7 nitrogen and oxygen atoms in total. The molecule has 2 amide bonds. The lowest BCUT2D eigenvalue weighted by Gasteiger charge is -2.33. The Labute approximate surface area is 212 Å². The van der Waals surface area contributed by atoms with Crippen molar-refractivity contribution in [3.05, 3.63) is 89.5 Å². The van der Waals surface area contributed by atoms with E-state index < -0.39 is 6.04 Å². The summed E-state index contributed by atoms with van der Waals surface area (Å²) in [6.45, 7) is 4.53. The summed E-state index contributed by atoms with van der Waals surface area (Å²) in [5, 5.41) is 3.04. The Bertz CT molecular complexity index is 1180. The monoisotopic (exact) mass is 488 g/mol. The van der Waals surface area contributed by atoms with Crippen molar-refractivity contribution in [1.82, 2.24) is 10.2 Å². The molecule has 1 aliphatic rings. The first-order valence-corrected chi connectivity index (χ1v) is 12.1. The minimum Gasteiger partial charge on any atom is -0.497 e. The number of ether oxygens (including phenoxy) is 3. The van der Waals surface area contributed by atoms with Crippen LogP contribution in [0.1, 0.15) is 30.5 Å². The van der Waals surface area contributed by atoms with Crippen LogP contribution in [0.15, 0.2) is 72.8 Å². The third kappa shape index (κ3) is 6.16. The van der Waals surface area contributed by atoms with Crippen molar-refractivity contribution in [3.8, 4) is 17.2 Å². The Balaban J connectivity index is 1.58. The second-order valence-corrected chi connectivity index (χ2v) is 9.08. The third-order valence-electron chi connectivity index (χ3n) is 6.14. The zero-order chi connectivity index (χ0) is 25.5. The predicted molar refractivity (Wildman–Crippen MR) is 137 cm³/mol. The number of methoxy groups -OCH3 is 1. The van der Waals surface area contributed by atoms with Crippen molar-refractivity contribution in [1.29, 1.82) is 0 Å². The molecule has 0 unspecified atom stereocenters. The van der Waals surface area contributed by atoms with Crippen LogP contribution in [0.3, 0.4) is 0 Å². The first-order chi connectivity index (χ1) is 17.4. The average molecular weight is 489 g/mol. The number of carbonyl (C=O) groups excluding carboxylic acids is 2. The summed E-state index contributed by atoms with van der Waals surface area (Å²) >= 11 is 0. The number of amides is 2. The van der Waals surface area contributed by atoms with Crippen molar-refractivity contribution >= 4 is 11.8 Å². The first kappa shape index (κ1) is 25.1. The molecule has 1 atom stereocenters. The molecule has 0 bridgehead atoms. The fourth-order valence-corrected chi connectivity index (χ4v) is 4.14. The molecule has 0 fully saturated rings. The minimum atomic E-state index is -0.682. The molecule has 0 spiro atoms. The van der Waals surface area contributed by atoms with Gasteiger partial charge in [0.1, 0.15) is 11.8 Å². The molecule has 1 heterocycles. The van der Waals surface area contributed by atoms with Crippen LogP contribution in [0.2, 0.25) is 0 Å². The zero-order valence-corrected chi connectivity index (χ0v) is 20.9. The van der Waals surface area contributed by atoms with Crippen molar-refractivity contribution in [2.45, 2.75) is 39.4 Å². The first-order valence-electron chi connectivity index (χ1n) is 12.1. The maximum atomic E-state index is 13.6. The second-order valence-electron chi connectivity index (χ2n) is 9.08. The third-order valence-corrected chi connectivity index (χ3v) is 6.14. The zero-order valence-electron chi connectivity index (χ0n) is 20.9. The summed E-state index contributed by atoms with van der Waals surface area (Å²) in [5.74, 6) is 1.55. The smallest absolute Gasteiger partial charge is 0.243 e. The Hall–Kier alpha value is -4.00. The lowest BCUT2D eigenvalue weighted by molar-refractivity contribution is -0.143. The Morgan fingerprint density at radius 3 is 2.31 bits per heavy atom. The summed E-state index contributed by atoms with van der Waals surface area (Å²) in [5.41, 5.74) is 2.80. The largest absolute Gasteiger partial charge is 0.497 e. The summed E-state index contributed by atoms with van der Waals surface area (Å²) in [4.78, 5) is 28.7. The Kier molecular flexibility index (Phi) is 8.10. The van der Waals surface area contributed by atoms with E-state index in [-0.39, 0.29) is 24.5 Å². The standard InChI is InChI=1S/C29H32N2O5/c1-20(2)29(33)31(18-22-9-12-24(34-3)13-10-22)25(15-21-7-5-4-6-8-21)28(32)30-17-23-11-14-26-27(16-23)36-19-35-26/h4-14,16,20,25H,15,17-19H2,1-3H3,(H,30,32)/t25-/m0/s1. The minimum absolute atomic E-state index is 0.0787. The Morgan fingerprint density at radius 1 is 0.917 bits per heavy atom. The summed E-state index contributed by atoms with van der Waals surface area (Å²) < 4.78 is 16.1. The number of nitrogens with one attached hydrogen (secondary N) is 1. The lowest BCUT2D eigenvalue weighted by Crippen LogP contribution is -2.51. The van der Waals surface area contributed by atoms with Crippen LogP contribution in [0.25, 0.3) is 0 Å². The molecular weight excluding hydrogens is 456 g/mol. The molecule has 0 aromatic heterocycles. The molecule has 4 rings (SSSR count). The van der Waals surface area contributed by atoms with Gasteiger partial charge in [-0.15, -0.1) is 0 Å². The van der Waals surface area contributed by atoms with Gasteiger partial charge in [0.15, 0.2) is 11.5 Å². The number of benzene rings is 3. The van der Waals surface area contributed by atoms with Gasteiger partial charge in [0, 0.05) is 25.4 Å². The van der Waals surface area contributed by atoms with Crippen LogP contribution < -0.4 is 19.5 Å². The molecule has 3 aromatic rings. The van der Waals surface area contributed by atoms with E-state index in [0.717, 1.165) is 22.4 Å². The second kappa shape index (κ2) is 11.6. The van der Waals surface area contributed by atoms with Gasteiger partial charge in [0.2, 0.25) is 18.6 Å². The van der Waals surface area contributed by atoms with Crippen LogP contribution >= 0.6 is 0 Å². The molecule has 7 heteroatoms. The molecule has 0 radical (unpaired) electrons. The molecule has 1 N–H and O–H groups in total. The average Bonchev–Trinajstić information content (AvgIpc) is 3.38. The Morgan fingerprint density at radius 2 is 1.61 bits per heavy atom. The highest BCUT2D eigenvalue weighted by molar-refractivity contribution is 5.88. The summed E-state index contributed by atoms with van der Waals surface area (Å²) in [6.07, 6.45) is 0.405. The number of carbonyl (C=O) groups is 2. The molecule has 0 aliphatic carbocycles. The maximum Gasteiger partial charge on any atom is 0.243 e. The highest BCUT2D eigenvalue weighted by Gasteiger charge is 2.31. The number of fused-ring (bicyclic) bond motifs is 1. The highest BCUT2D eigenvalue weighted by atomic mass is 16.7. The van der Waals surface area contributed by atoms with E-state index in [4.69, 9.17) is 14.2 Å². The molecule has 0 saturated heterocycles. The van der Waals surface area contributed by atoms with Gasteiger partial charge in [0.05, 0.1) is 7.11 Å². The van der Waals surface area contributed by atoms with Crippen LogP contribution in [0, 0.1) is 5.92 Å². The van der Waals surface area contributed by atoms with Gasteiger partial charge in [0.25, 0.3) is 0 Å². The molecular formula is C29H32N2O5. The summed E-state index contributed by atoms with van der Waals surface area (Å²) in [6, 6.07) is 22.2. The van der Waals surface area contributed by atoms with E-state index in [2.05, 4.69) is 5.32 Å². The normalized spacial score (nSPS) is 12.8.